The summed E-state index contributed by atoms with van der Waals surface area (Å²) in [6, 6.07) is 11.4. The first kappa shape index (κ1) is 21.3. The molecule has 1 aromatic heterocycles. The number of β-amino-alcohol motifs (C(OH)–C–C–N with tert-alkyl or cyclic N) is 1. The van der Waals surface area contributed by atoms with Crippen LogP contribution in [0.15, 0.2) is 36.4 Å². The zero-order valence-electron chi connectivity index (χ0n) is 17.4. The normalized spacial score (nSPS) is 20.5. The smallest absolute Gasteiger partial charge is 0.410 e. The quantitative estimate of drug-likeness (QED) is 0.493. The van der Waals surface area contributed by atoms with Crippen LogP contribution in [0.1, 0.15) is 39.7 Å². The van der Waals surface area contributed by atoms with E-state index in [4.69, 9.17) is 27.9 Å². The van der Waals surface area contributed by atoms with Crippen molar-refractivity contribution in [1.29, 1.82) is 0 Å². The fourth-order valence-corrected chi connectivity index (χ4v) is 4.62. The second kappa shape index (κ2) is 7.95. The van der Waals surface area contributed by atoms with Crippen LogP contribution in [0.5, 0.6) is 0 Å². The molecule has 1 amide bonds. The fourth-order valence-electron chi connectivity index (χ4n) is 4.27. The summed E-state index contributed by atoms with van der Waals surface area (Å²) in [6.07, 6.45) is 0.390. The molecule has 0 aliphatic carbocycles. The largest absolute Gasteiger partial charge is 0.444 e. The molecule has 160 valence electrons. The summed E-state index contributed by atoms with van der Waals surface area (Å²) in [5.41, 5.74) is 1.41. The number of aliphatic hydroxyl groups excluding tert-OH is 1. The van der Waals surface area contributed by atoms with E-state index in [0.29, 0.717) is 16.6 Å². The van der Waals surface area contributed by atoms with Crippen molar-refractivity contribution in [3.05, 3.63) is 46.4 Å². The molecule has 3 aromatic rings. The highest BCUT2D eigenvalue weighted by atomic mass is 35.5. The number of likely N-dealkylation sites (tertiary alicyclic amines) is 1. The Morgan fingerprint density at radius 1 is 1.07 bits per heavy atom. The zero-order chi connectivity index (χ0) is 21.6. The molecule has 1 aliphatic heterocycles. The van der Waals surface area contributed by atoms with Crippen LogP contribution in [0.2, 0.25) is 10.0 Å². The molecule has 30 heavy (non-hydrogen) atoms. The van der Waals surface area contributed by atoms with Gasteiger partial charge in [-0.25, -0.2) is 4.79 Å². The number of aromatic nitrogens is 1. The second-order valence-corrected chi connectivity index (χ2v) is 9.77. The van der Waals surface area contributed by atoms with Gasteiger partial charge in [0, 0.05) is 38.4 Å². The summed E-state index contributed by atoms with van der Waals surface area (Å²) >= 11 is 12.5. The van der Waals surface area contributed by atoms with Crippen LogP contribution in [-0.4, -0.2) is 45.5 Å². The van der Waals surface area contributed by atoms with Gasteiger partial charge in [-0.05, 0) is 70.0 Å². The van der Waals surface area contributed by atoms with Crippen LogP contribution in [0.3, 0.4) is 0 Å². The third-order valence-electron chi connectivity index (χ3n) is 5.49. The number of rotatable bonds is 1. The minimum Gasteiger partial charge on any atom is -0.444 e. The number of benzene rings is 2. The topological polar surface area (TPSA) is 54.7 Å². The molecule has 1 fully saturated rings. The van der Waals surface area contributed by atoms with Gasteiger partial charge in [0.1, 0.15) is 5.60 Å². The summed E-state index contributed by atoms with van der Waals surface area (Å²) in [7, 11) is 0. The van der Waals surface area contributed by atoms with E-state index in [1.165, 1.54) is 0 Å². The van der Waals surface area contributed by atoms with E-state index < -0.39 is 11.7 Å². The van der Waals surface area contributed by atoms with Crippen molar-refractivity contribution in [3.8, 4) is 0 Å². The lowest BCUT2D eigenvalue weighted by Crippen LogP contribution is -2.41. The van der Waals surface area contributed by atoms with Gasteiger partial charge < -0.3 is 19.3 Å². The Labute approximate surface area is 186 Å². The van der Waals surface area contributed by atoms with E-state index in [2.05, 4.69) is 4.57 Å². The molecule has 5 nitrogen and oxygen atoms in total. The van der Waals surface area contributed by atoms with E-state index in [1.807, 2.05) is 57.2 Å². The van der Waals surface area contributed by atoms with Crippen molar-refractivity contribution < 1.29 is 14.6 Å². The van der Waals surface area contributed by atoms with Gasteiger partial charge in [-0.2, -0.15) is 0 Å². The lowest BCUT2D eigenvalue weighted by molar-refractivity contribution is 0.0142. The number of aliphatic hydroxyl groups is 1. The molecular formula is C23H26Cl2N2O3. The summed E-state index contributed by atoms with van der Waals surface area (Å²) < 4.78 is 7.68. The highest BCUT2D eigenvalue weighted by molar-refractivity contribution is 6.33. The summed E-state index contributed by atoms with van der Waals surface area (Å²) in [6.45, 7) is 6.31. The third kappa shape index (κ3) is 4.11. The summed E-state index contributed by atoms with van der Waals surface area (Å²) in [5, 5.41) is 14.4. The second-order valence-electron chi connectivity index (χ2n) is 8.90. The first-order valence-corrected chi connectivity index (χ1v) is 10.9. The van der Waals surface area contributed by atoms with Crippen molar-refractivity contribution in [2.45, 2.75) is 51.4 Å². The molecule has 0 saturated carbocycles. The van der Waals surface area contributed by atoms with Gasteiger partial charge in [0.15, 0.2) is 0 Å². The predicted molar refractivity (Wildman–Crippen MR) is 122 cm³/mol. The molecule has 0 spiro atoms. The Morgan fingerprint density at radius 3 is 2.17 bits per heavy atom. The van der Waals surface area contributed by atoms with Crippen LogP contribution in [0.25, 0.3) is 21.8 Å². The SMILES string of the molecule is CC(C)(C)OC(=O)N1CCC[C@@H](n2c3ccc(Cl)cc3c3cc(Cl)ccc32)[C@H](O)C1. The number of carbonyl (C=O) groups excluding carboxylic acids is 1. The van der Waals surface area contributed by atoms with Gasteiger partial charge in [-0.3, -0.25) is 0 Å². The summed E-state index contributed by atoms with van der Waals surface area (Å²) in [5.74, 6) is 0. The lowest BCUT2D eigenvalue weighted by Gasteiger charge is -2.29. The molecule has 1 aliphatic rings. The maximum Gasteiger partial charge on any atom is 0.410 e. The molecule has 0 unspecified atom stereocenters. The molecular weight excluding hydrogens is 423 g/mol. The number of ether oxygens (including phenoxy) is 1. The van der Waals surface area contributed by atoms with E-state index in [9.17, 15) is 9.90 Å². The van der Waals surface area contributed by atoms with Crippen LogP contribution < -0.4 is 0 Å². The van der Waals surface area contributed by atoms with Gasteiger partial charge in [0.2, 0.25) is 0 Å². The molecule has 0 bridgehead atoms. The first-order chi connectivity index (χ1) is 14.1. The fraction of sp³-hybridized carbons (Fsp3) is 0.435. The predicted octanol–water partition coefficient (Wildman–Crippen LogP) is 6.03. The first-order valence-electron chi connectivity index (χ1n) is 10.2. The van der Waals surface area contributed by atoms with Crippen LogP contribution >= 0.6 is 23.2 Å². The maximum absolute atomic E-state index is 12.6. The van der Waals surface area contributed by atoms with Crippen molar-refractivity contribution in [2.75, 3.05) is 13.1 Å². The van der Waals surface area contributed by atoms with E-state index >= 15 is 0 Å². The molecule has 1 saturated heterocycles. The number of carbonyl (C=O) groups is 1. The van der Waals surface area contributed by atoms with Crippen molar-refractivity contribution in [1.82, 2.24) is 9.47 Å². The van der Waals surface area contributed by atoms with Crippen molar-refractivity contribution >= 4 is 51.1 Å². The molecule has 2 atom stereocenters. The van der Waals surface area contributed by atoms with Crippen LogP contribution in [0.4, 0.5) is 4.79 Å². The van der Waals surface area contributed by atoms with Gasteiger partial charge in [0.05, 0.1) is 18.7 Å². The number of hydrogen-bond donors (Lipinski definition) is 1. The standard InChI is InChI=1S/C23H26Cl2N2O3/c1-23(2,3)30-22(29)26-10-4-5-20(21(28)13-26)27-18-8-6-14(24)11-16(18)17-12-15(25)7-9-19(17)27/h6-9,11-12,20-21,28H,4-5,10,13H2,1-3H3/t20-,21-/m1/s1. The number of amides is 1. The Kier molecular flexibility index (Phi) is 5.64. The van der Waals surface area contributed by atoms with Gasteiger partial charge >= 0.3 is 6.09 Å². The minimum atomic E-state index is -0.731. The van der Waals surface area contributed by atoms with Gasteiger partial charge in [-0.1, -0.05) is 23.2 Å². The number of halogens is 2. The monoisotopic (exact) mass is 448 g/mol. The van der Waals surface area contributed by atoms with E-state index in [-0.39, 0.29) is 18.7 Å². The number of fused-ring (bicyclic) bond motifs is 3. The Balaban J connectivity index is 1.74. The number of hydrogen-bond acceptors (Lipinski definition) is 3. The molecule has 1 N–H and O–H groups in total. The average Bonchev–Trinajstić information content (AvgIpc) is 2.81. The third-order valence-corrected chi connectivity index (χ3v) is 5.96. The van der Waals surface area contributed by atoms with Crippen molar-refractivity contribution in [3.63, 3.8) is 0 Å². The van der Waals surface area contributed by atoms with Crippen LogP contribution in [-0.2, 0) is 4.74 Å². The van der Waals surface area contributed by atoms with E-state index in [1.54, 1.807) is 4.90 Å². The minimum absolute atomic E-state index is 0.181. The summed E-state index contributed by atoms with van der Waals surface area (Å²) in [4.78, 5) is 14.2. The Hall–Kier alpha value is -1.95. The van der Waals surface area contributed by atoms with Gasteiger partial charge in [-0.15, -0.1) is 0 Å². The Bertz CT molecular complexity index is 1040. The zero-order valence-corrected chi connectivity index (χ0v) is 18.9. The van der Waals surface area contributed by atoms with Crippen LogP contribution in [0, 0.1) is 0 Å². The average molecular weight is 449 g/mol. The lowest BCUT2D eigenvalue weighted by atomic mass is 10.1. The van der Waals surface area contributed by atoms with E-state index in [0.717, 1.165) is 34.6 Å². The highest BCUT2D eigenvalue weighted by Gasteiger charge is 2.32. The maximum atomic E-state index is 12.6. The van der Waals surface area contributed by atoms with Crippen molar-refractivity contribution in [2.24, 2.45) is 0 Å². The molecule has 4 rings (SSSR count). The Morgan fingerprint density at radius 2 is 1.63 bits per heavy atom. The number of nitrogens with zero attached hydrogens (tertiary/aromatic N) is 2. The molecule has 7 heteroatoms. The molecule has 2 heterocycles. The molecule has 0 radical (unpaired) electrons. The van der Waals surface area contributed by atoms with Gasteiger partial charge in [0.25, 0.3) is 0 Å². The molecule has 2 aromatic carbocycles. The highest BCUT2D eigenvalue weighted by Crippen LogP contribution is 2.38.